The van der Waals surface area contributed by atoms with Crippen LogP contribution in [0.15, 0.2) is 42.5 Å². The zero-order valence-corrected chi connectivity index (χ0v) is 15.3. The summed E-state index contributed by atoms with van der Waals surface area (Å²) in [5.41, 5.74) is 4.71. The molecule has 0 radical (unpaired) electrons. The number of ketones is 1. The second-order valence-electron chi connectivity index (χ2n) is 5.87. The smallest absolute Gasteiger partial charge is 0.419 e. The summed E-state index contributed by atoms with van der Waals surface area (Å²) in [6.07, 6.45) is -5.51. The molecule has 0 unspecified atom stereocenters. The number of nitrogens with two attached hydrogens (primary N) is 1. The second kappa shape index (κ2) is 7.20. The molecule has 3 aromatic rings. The molecule has 0 aliphatic heterocycles. The Bertz CT molecular complexity index is 1090. The second-order valence-corrected chi connectivity index (χ2v) is 6.30. The highest BCUT2D eigenvalue weighted by Gasteiger charge is 2.32. The highest BCUT2D eigenvalue weighted by atomic mass is 35.5. The topological polar surface area (TPSA) is 74.3 Å². The predicted molar refractivity (Wildman–Crippen MR) is 98.7 cm³/mol. The average molecular weight is 411 g/mol. The Hall–Kier alpha value is -3.00. The van der Waals surface area contributed by atoms with Crippen molar-refractivity contribution in [3.63, 3.8) is 0 Å². The first-order valence-electron chi connectivity index (χ1n) is 8.13. The maximum Gasteiger partial charge on any atom is 0.419 e. The SMILES string of the molecule is CCOC(=O)n1c(C(=O)c2cccc(C(F)(F)F)c2)c(N)c2ccc(Cl)cc21. The number of rotatable bonds is 3. The van der Waals surface area contributed by atoms with Crippen molar-refractivity contribution in [3.05, 3.63) is 64.3 Å². The largest absolute Gasteiger partial charge is 0.449 e. The minimum absolute atomic E-state index is 0.0240. The summed E-state index contributed by atoms with van der Waals surface area (Å²) in [5.74, 6) is -0.844. The number of aromatic nitrogens is 1. The van der Waals surface area contributed by atoms with Crippen LogP contribution >= 0.6 is 11.6 Å². The molecule has 9 heteroatoms. The Kier molecular flexibility index (Phi) is 5.08. The summed E-state index contributed by atoms with van der Waals surface area (Å²) in [6.45, 7) is 1.60. The molecule has 1 aromatic heterocycles. The van der Waals surface area contributed by atoms with E-state index in [1.54, 1.807) is 6.92 Å². The lowest BCUT2D eigenvalue weighted by Crippen LogP contribution is -2.20. The fraction of sp³-hybridized carbons (Fsp3) is 0.158. The van der Waals surface area contributed by atoms with E-state index in [1.807, 2.05) is 0 Å². The molecule has 28 heavy (non-hydrogen) atoms. The van der Waals surface area contributed by atoms with Crippen molar-refractivity contribution in [3.8, 4) is 0 Å². The Balaban J connectivity index is 2.25. The van der Waals surface area contributed by atoms with E-state index in [2.05, 4.69) is 0 Å². The highest BCUT2D eigenvalue weighted by molar-refractivity contribution is 6.31. The van der Waals surface area contributed by atoms with Gasteiger partial charge in [-0.2, -0.15) is 13.2 Å². The van der Waals surface area contributed by atoms with Crippen molar-refractivity contribution in [2.75, 3.05) is 12.3 Å². The fourth-order valence-corrected chi connectivity index (χ4v) is 3.03. The first kappa shape index (κ1) is 19.8. The summed E-state index contributed by atoms with van der Waals surface area (Å²) in [7, 11) is 0. The number of ether oxygens (including phenoxy) is 1. The van der Waals surface area contributed by atoms with E-state index in [-0.39, 0.29) is 34.1 Å². The molecule has 0 saturated carbocycles. The van der Waals surface area contributed by atoms with Crippen LogP contribution in [0.4, 0.5) is 23.7 Å². The van der Waals surface area contributed by atoms with Gasteiger partial charge in [-0.05, 0) is 37.3 Å². The number of halogens is 4. The predicted octanol–water partition coefficient (Wildman–Crippen LogP) is 5.13. The van der Waals surface area contributed by atoms with Crippen LogP contribution in [0.25, 0.3) is 10.9 Å². The van der Waals surface area contributed by atoms with Gasteiger partial charge in [-0.15, -0.1) is 0 Å². The summed E-state index contributed by atoms with van der Waals surface area (Å²) >= 11 is 5.99. The molecule has 146 valence electrons. The van der Waals surface area contributed by atoms with Crippen LogP contribution in [-0.4, -0.2) is 23.1 Å². The first-order valence-corrected chi connectivity index (χ1v) is 8.51. The van der Waals surface area contributed by atoms with Gasteiger partial charge in [-0.25, -0.2) is 9.36 Å². The van der Waals surface area contributed by atoms with Gasteiger partial charge in [0.2, 0.25) is 5.78 Å². The monoisotopic (exact) mass is 410 g/mol. The molecule has 0 atom stereocenters. The summed E-state index contributed by atoms with van der Waals surface area (Å²) < 4.78 is 44.9. The zero-order valence-electron chi connectivity index (χ0n) is 14.5. The lowest BCUT2D eigenvalue weighted by molar-refractivity contribution is -0.137. The molecule has 1 heterocycles. The highest BCUT2D eigenvalue weighted by Crippen LogP contribution is 2.34. The van der Waals surface area contributed by atoms with Crippen LogP contribution in [0.1, 0.15) is 28.5 Å². The normalized spacial score (nSPS) is 11.6. The number of hydrogen-bond acceptors (Lipinski definition) is 4. The van der Waals surface area contributed by atoms with Crippen molar-refractivity contribution < 1.29 is 27.5 Å². The zero-order chi connectivity index (χ0) is 20.6. The molecule has 0 aliphatic carbocycles. The van der Waals surface area contributed by atoms with Crippen LogP contribution in [0.3, 0.4) is 0 Å². The van der Waals surface area contributed by atoms with Gasteiger partial charge in [0.1, 0.15) is 5.69 Å². The van der Waals surface area contributed by atoms with Gasteiger partial charge in [-0.3, -0.25) is 4.79 Å². The van der Waals surface area contributed by atoms with Crippen LogP contribution in [-0.2, 0) is 10.9 Å². The number of carbonyl (C=O) groups excluding carboxylic acids is 2. The molecule has 0 amide bonds. The van der Waals surface area contributed by atoms with Crippen LogP contribution < -0.4 is 5.73 Å². The van der Waals surface area contributed by atoms with E-state index in [4.69, 9.17) is 22.1 Å². The number of nitrogens with zero attached hydrogens (tertiary/aromatic N) is 1. The number of nitrogen functional groups attached to an aromatic ring is 1. The molecule has 0 fully saturated rings. The minimum atomic E-state index is -4.62. The lowest BCUT2D eigenvalue weighted by Gasteiger charge is -2.11. The van der Waals surface area contributed by atoms with Gasteiger partial charge in [0.05, 0.1) is 23.4 Å². The van der Waals surface area contributed by atoms with Gasteiger partial charge >= 0.3 is 12.3 Å². The number of hydrogen-bond donors (Lipinski definition) is 1. The van der Waals surface area contributed by atoms with Crippen LogP contribution in [0.2, 0.25) is 5.02 Å². The standard InChI is InChI=1S/C19H14ClF3N2O3/c1-2-28-18(27)25-14-9-12(20)6-7-13(14)15(24)16(25)17(26)10-4-3-5-11(8-10)19(21,22)23/h3-9H,2,24H2,1H3. The van der Waals surface area contributed by atoms with E-state index in [0.29, 0.717) is 11.5 Å². The van der Waals surface area contributed by atoms with Gasteiger partial charge < -0.3 is 10.5 Å². The molecule has 0 spiro atoms. The third-order valence-corrected chi connectivity index (χ3v) is 4.32. The van der Waals surface area contributed by atoms with Gasteiger partial charge in [0.15, 0.2) is 0 Å². The van der Waals surface area contributed by atoms with Crippen molar-refractivity contribution in [2.45, 2.75) is 13.1 Å². The number of alkyl halides is 3. The van der Waals surface area contributed by atoms with E-state index < -0.39 is 23.6 Å². The lowest BCUT2D eigenvalue weighted by atomic mass is 10.0. The van der Waals surface area contributed by atoms with E-state index >= 15 is 0 Å². The van der Waals surface area contributed by atoms with E-state index in [1.165, 1.54) is 24.3 Å². The number of carbonyl (C=O) groups is 2. The van der Waals surface area contributed by atoms with Gasteiger partial charge in [-0.1, -0.05) is 23.7 Å². The van der Waals surface area contributed by atoms with E-state index in [0.717, 1.165) is 16.7 Å². The number of anilines is 1. The molecule has 2 aromatic carbocycles. The number of fused-ring (bicyclic) bond motifs is 1. The molecule has 0 aliphatic rings. The summed E-state index contributed by atoms with van der Waals surface area (Å²) in [6, 6.07) is 8.35. The Morgan fingerprint density at radius 1 is 1.18 bits per heavy atom. The molecule has 3 rings (SSSR count). The Morgan fingerprint density at radius 3 is 2.54 bits per heavy atom. The Labute approximate surface area is 162 Å². The van der Waals surface area contributed by atoms with Crippen molar-refractivity contribution in [1.82, 2.24) is 4.57 Å². The van der Waals surface area contributed by atoms with Crippen molar-refractivity contribution >= 4 is 40.1 Å². The summed E-state index contributed by atoms with van der Waals surface area (Å²) in [4.78, 5) is 25.5. The third-order valence-electron chi connectivity index (χ3n) is 4.09. The maximum atomic E-state index is 13.0. The minimum Gasteiger partial charge on any atom is -0.449 e. The molecule has 5 nitrogen and oxygen atoms in total. The van der Waals surface area contributed by atoms with Crippen LogP contribution in [0.5, 0.6) is 0 Å². The van der Waals surface area contributed by atoms with Crippen molar-refractivity contribution in [1.29, 1.82) is 0 Å². The molecule has 0 saturated heterocycles. The average Bonchev–Trinajstić information content (AvgIpc) is 2.92. The molecule has 0 bridgehead atoms. The fourth-order valence-electron chi connectivity index (χ4n) is 2.86. The Morgan fingerprint density at radius 2 is 1.89 bits per heavy atom. The molecular formula is C19H14ClF3N2O3. The number of benzene rings is 2. The van der Waals surface area contributed by atoms with E-state index in [9.17, 15) is 22.8 Å². The van der Waals surface area contributed by atoms with Gasteiger partial charge in [0, 0.05) is 16.0 Å². The maximum absolute atomic E-state index is 13.0. The first-order chi connectivity index (χ1) is 13.1. The molecular weight excluding hydrogens is 397 g/mol. The van der Waals surface area contributed by atoms with Gasteiger partial charge in [0.25, 0.3) is 0 Å². The van der Waals surface area contributed by atoms with Crippen LogP contribution in [0, 0.1) is 0 Å². The third kappa shape index (κ3) is 3.43. The summed E-state index contributed by atoms with van der Waals surface area (Å²) in [5, 5.41) is 0.640. The quantitative estimate of drug-likeness (QED) is 0.607. The van der Waals surface area contributed by atoms with Crippen molar-refractivity contribution in [2.24, 2.45) is 0 Å². The molecule has 2 N–H and O–H groups in total.